The van der Waals surface area contributed by atoms with E-state index in [-0.39, 0.29) is 26.9 Å². The molecule has 0 amide bonds. The van der Waals surface area contributed by atoms with Crippen LogP contribution in [0, 0.1) is 6.92 Å². The molecule has 8 heteroatoms. The zero-order valence-electron chi connectivity index (χ0n) is 11.1. The number of nitrogens with zero attached hydrogens (tertiary/aromatic N) is 2. The predicted octanol–water partition coefficient (Wildman–Crippen LogP) is 0.513. The van der Waals surface area contributed by atoms with Crippen molar-refractivity contribution in [2.24, 2.45) is 0 Å². The van der Waals surface area contributed by atoms with Gasteiger partial charge in [-0.1, -0.05) is 18.3 Å². The zero-order chi connectivity index (χ0) is 14.4. The van der Waals surface area contributed by atoms with Crippen molar-refractivity contribution in [3.05, 3.63) is 25.8 Å². The van der Waals surface area contributed by atoms with Gasteiger partial charge in [0.05, 0.1) is 6.10 Å². The zero-order valence-corrected chi connectivity index (χ0v) is 11.9. The Morgan fingerprint density at radius 1 is 1.55 bits per heavy atom. The minimum Gasteiger partial charge on any atom is -0.388 e. The van der Waals surface area contributed by atoms with Crippen molar-refractivity contribution in [3.8, 4) is 0 Å². The number of aliphatic hydroxyl groups excluding tert-OH is 1. The van der Waals surface area contributed by atoms with E-state index in [2.05, 4.69) is 9.97 Å². The standard InChI is InChI=1S/C12H15N3O4S/c1-3-6-4-7(16)11(19-6)15-9-8(20-12(15)18)10(17)14-5(2)13-9/h6-7,11,16H,3-4H2,1-2H3,(H,13,14,17)/t6-,7-,11?/m1/s1. The lowest BCUT2D eigenvalue weighted by atomic mass is 10.1. The average Bonchev–Trinajstić information content (AvgIpc) is 2.89. The fraction of sp³-hybridized carbons (Fsp3) is 0.583. The molecule has 2 N–H and O–H groups in total. The molecule has 20 heavy (non-hydrogen) atoms. The van der Waals surface area contributed by atoms with Crippen LogP contribution in [-0.2, 0) is 4.74 Å². The molecule has 3 atom stereocenters. The third kappa shape index (κ3) is 2.00. The van der Waals surface area contributed by atoms with Crippen molar-refractivity contribution in [3.63, 3.8) is 0 Å². The average molecular weight is 297 g/mol. The van der Waals surface area contributed by atoms with Crippen LogP contribution in [0.4, 0.5) is 0 Å². The normalized spacial score (nSPS) is 26.4. The number of nitrogens with one attached hydrogen (secondary N) is 1. The van der Waals surface area contributed by atoms with Gasteiger partial charge < -0.3 is 14.8 Å². The predicted molar refractivity (Wildman–Crippen MR) is 74.1 cm³/mol. The number of hydrogen-bond donors (Lipinski definition) is 2. The van der Waals surface area contributed by atoms with Gasteiger partial charge in [-0.15, -0.1) is 0 Å². The van der Waals surface area contributed by atoms with Gasteiger partial charge in [-0.05, 0) is 13.3 Å². The molecule has 1 saturated heterocycles. The van der Waals surface area contributed by atoms with Crippen molar-refractivity contribution in [1.29, 1.82) is 0 Å². The van der Waals surface area contributed by atoms with Crippen molar-refractivity contribution in [2.75, 3.05) is 0 Å². The van der Waals surface area contributed by atoms with Crippen LogP contribution >= 0.6 is 11.3 Å². The molecule has 0 radical (unpaired) electrons. The summed E-state index contributed by atoms with van der Waals surface area (Å²) in [6.45, 7) is 3.61. The molecule has 0 saturated carbocycles. The summed E-state index contributed by atoms with van der Waals surface area (Å²) in [5.74, 6) is 0.425. The van der Waals surface area contributed by atoms with E-state index in [0.717, 1.165) is 17.8 Å². The van der Waals surface area contributed by atoms with E-state index in [4.69, 9.17) is 4.74 Å². The molecule has 3 heterocycles. The molecule has 2 aromatic rings. The van der Waals surface area contributed by atoms with Crippen LogP contribution in [0.25, 0.3) is 10.3 Å². The Morgan fingerprint density at radius 2 is 2.30 bits per heavy atom. The van der Waals surface area contributed by atoms with Gasteiger partial charge in [-0.2, -0.15) is 0 Å². The van der Waals surface area contributed by atoms with E-state index >= 15 is 0 Å². The van der Waals surface area contributed by atoms with Gasteiger partial charge in [-0.25, -0.2) is 4.98 Å². The summed E-state index contributed by atoms with van der Waals surface area (Å²) in [5.41, 5.74) is -0.0602. The summed E-state index contributed by atoms with van der Waals surface area (Å²) >= 11 is 0.822. The first kappa shape index (κ1) is 13.5. The number of thiazole rings is 1. The summed E-state index contributed by atoms with van der Waals surface area (Å²) in [7, 11) is 0. The third-order valence-electron chi connectivity index (χ3n) is 3.47. The molecule has 0 aromatic carbocycles. The molecule has 3 rings (SSSR count). The number of fused-ring (bicyclic) bond motifs is 1. The van der Waals surface area contributed by atoms with E-state index in [0.29, 0.717) is 12.2 Å². The Labute approximate surface area is 117 Å². The van der Waals surface area contributed by atoms with E-state index in [1.54, 1.807) is 6.92 Å². The van der Waals surface area contributed by atoms with Gasteiger partial charge >= 0.3 is 4.87 Å². The Balaban J connectivity index is 2.19. The molecular formula is C12H15N3O4S. The minimum atomic E-state index is -0.769. The van der Waals surface area contributed by atoms with Crippen molar-refractivity contribution in [1.82, 2.24) is 14.5 Å². The van der Waals surface area contributed by atoms with E-state index < -0.39 is 12.3 Å². The Bertz CT molecular complexity index is 762. The monoisotopic (exact) mass is 297 g/mol. The van der Waals surface area contributed by atoms with Gasteiger partial charge in [0.2, 0.25) is 0 Å². The van der Waals surface area contributed by atoms with Gasteiger partial charge in [0.15, 0.2) is 11.9 Å². The number of ether oxygens (including phenoxy) is 1. The molecule has 0 spiro atoms. The summed E-state index contributed by atoms with van der Waals surface area (Å²) in [6, 6.07) is 0. The van der Waals surface area contributed by atoms with Crippen LogP contribution in [0.5, 0.6) is 0 Å². The second-order valence-electron chi connectivity index (χ2n) is 4.90. The van der Waals surface area contributed by atoms with E-state index in [1.165, 1.54) is 4.57 Å². The highest BCUT2D eigenvalue weighted by molar-refractivity contribution is 7.16. The SMILES string of the molecule is CC[C@@H]1C[C@@H](O)C(n2c(=O)sc3c(=O)[nH]c(C)nc32)O1. The Kier molecular flexibility index (Phi) is 3.23. The number of rotatable bonds is 2. The van der Waals surface area contributed by atoms with Crippen LogP contribution in [0.15, 0.2) is 9.59 Å². The summed E-state index contributed by atoms with van der Waals surface area (Å²) in [6.07, 6.45) is -0.378. The van der Waals surface area contributed by atoms with Crippen LogP contribution < -0.4 is 10.4 Å². The second-order valence-corrected chi connectivity index (χ2v) is 5.86. The molecular weight excluding hydrogens is 282 g/mol. The van der Waals surface area contributed by atoms with Crippen molar-refractivity contribution < 1.29 is 9.84 Å². The number of aromatic nitrogens is 3. The molecule has 1 aliphatic rings. The lowest BCUT2D eigenvalue weighted by molar-refractivity contribution is -0.0364. The van der Waals surface area contributed by atoms with Crippen LogP contribution in [0.3, 0.4) is 0 Å². The first-order chi connectivity index (χ1) is 9.51. The quantitative estimate of drug-likeness (QED) is 0.842. The van der Waals surface area contributed by atoms with E-state index in [9.17, 15) is 14.7 Å². The lowest BCUT2D eigenvalue weighted by Crippen LogP contribution is -2.27. The fourth-order valence-electron chi connectivity index (χ4n) is 2.49. The maximum atomic E-state index is 12.1. The number of H-pyrrole nitrogens is 1. The Morgan fingerprint density at radius 3 is 2.95 bits per heavy atom. The molecule has 0 aliphatic carbocycles. The molecule has 2 aromatic heterocycles. The second kappa shape index (κ2) is 4.80. The summed E-state index contributed by atoms with van der Waals surface area (Å²) < 4.78 is 7.26. The maximum absolute atomic E-state index is 12.1. The van der Waals surface area contributed by atoms with Crippen molar-refractivity contribution in [2.45, 2.75) is 45.1 Å². The summed E-state index contributed by atoms with van der Waals surface area (Å²) in [4.78, 5) is 30.4. The van der Waals surface area contributed by atoms with Crippen LogP contribution in [0.1, 0.15) is 31.8 Å². The highest BCUT2D eigenvalue weighted by Crippen LogP contribution is 2.31. The third-order valence-corrected chi connectivity index (χ3v) is 4.41. The maximum Gasteiger partial charge on any atom is 0.311 e. The fourth-order valence-corrected chi connectivity index (χ4v) is 3.33. The molecule has 1 aliphatic heterocycles. The van der Waals surface area contributed by atoms with Gasteiger partial charge in [0.1, 0.15) is 16.6 Å². The first-order valence-electron chi connectivity index (χ1n) is 6.46. The van der Waals surface area contributed by atoms with Gasteiger partial charge in [-0.3, -0.25) is 14.2 Å². The minimum absolute atomic E-state index is 0.0834. The Hall–Kier alpha value is -1.51. The molecule has 0 bridgehead atoms. The molecule has 1 fully saturated rings. The topological polar surface area (TPSA) is 97.2 Å². The largest absolute Gasteiger partial charge is 0.388 e. The smallest absolute Gasteiger partial charge is 0.311 e. The highest BCUT2D eigenvalue weighted by atomic mass is 32.1. The van der Waals surface area contributed by atoms with Crippen molar-refractivity contribution >= 4 is 21.7 Å². The molecule has 7 nitrogen and oxygen atoms in total. The van der Waals surface area contributed by atoms with Gasteiger partial charge in [0, 0.05) is 6.42 Å². The molecule has 108 valence electrons. The number of aryl methyl sites for hydroxylation is 1. The molecule has 1 unspecified atom stereocenters. The van der Waals surface area contributed by atoms with Crippen LogP contribution in [0.2, 0.25) is 0 Å². The first-order valence-corrected chi connectivity index (χ1v) is 7.28. The highest BCUT2D eigenvalue weighted by Gasteiger charge is 2.36. The number of aromatic amines is 1. The lowest BCUT2D eigenvalue weighted by Gasteiger charge is -2.15. The van der Waals surface area contributed by atoms with Gasteiger partial charge in [0.25, 0.3) is 5.56 Å². The van der Waals surface area contributed by atoms with Crippen LogP contribution in [-0.4, -0.2) is 31.8 Å². The number of aliphatic hydroxyl groups is 1. The van der Waals surface area contributed by atoms with E-state index in [1.807, 2.05) is 6.92 Å². The summed E-state index contributed by atoms with van der Waals surface area (Å²) in [5, 5.41) is 10.1. The number of hydrogen-bond acceptors (Lipinski definition) is 6.